The fourth-order valence-corrected chi connectivity index (χ4v) is 1.73. The summed E-state index contributed by atoms with van der Waals surface area (Å²) in [6.45, 7) is 0. The highest BCUT2D eigenvalue weighted by Gasteiger charge is 2.38. The minimum atomic E-state index is -4.77. The molecule has 2 aromatic rings. The number of carbonyl (C=O) groups is 1. The molecule has 0 spiro atoms. The van der Waals surface area contributed by atoms with Crippen LogP contribution in [0.2, 0.25) is 5.02 Å². The van der Waals surface area contributed by atoms with E-state index in [0.717, 1.165) is 12.3 Å². The first-order chi connectivity index (χ1) is 9.39. The molecule has 2 aromatic heterocycles. The summed E-state index contributed by atoms with van der Waals surface area (Å²) in [5.41, 5.74) is -1.73. The average molecular weight is 302 g/mol. The maximum Gasteiger partial charge on any atom is 0.434 e. The van der Waals surface area contributed by atoms with Crippen molar-refractivity contribution < 1.29 is 18.0 Å². The lowest BCUT2D eigenvalue weighted by molar-refractivity contribution is -0.141. The molecular formula is C12H7ClF3N3O. The summed E-state index contributed by atoms with van der Waals surface area (Å²) < 4.78 is 38.4. The molecule has 1 amide bonds. The fraction of sp³-hybridized carbons (Fsp3) is 0.0833. The highest BCUT2D eigenvalue weighted by Crippen LogP contribution is 2.33. The third-order valence-electron chi connectivity index (χ3n) is 2.33. The molecule has 1 N–H and O–H groups in total. The van der Waals surface area contributed by atoms with Crippen LogP contribution in [-0.4, -0.2) is 15.9 Å². The van der Waals surface area contributed by atoms with Crippen molar-refractivity contribution in [2.24, 2.45) is 0 Å². The van der Waals surface area contributed by atoms with Gasteiger partial charge in [-0.1, -0.05) is 11.6 Å². The van der Waals surface area contributed by atoms with Crippen molar-refractivity contribution in [3.05, 3.63) is 53.1 Å². The Balaban J connectivity index is 2.40. The molecule has 0 radical (unpaired) electrons. The van der Waals surface area contributed by atoms with Gasteiger partial charge in [-0.05, 0) is 18.2 Å². The maximum atomic E-state index is 12.8. The normalized spacial score (nSPS) is 11.2. The number of halogens is 4. The van der Waals surface area contributed by atoms with Crippen molar-refractivity contribution >= 4 is 23.2 Å². The van der Waals surface area contributed by atoms with Crippen molar-refractivity contribution in [1.82, 2.24) is 9.97 Å². The largest absolute Gasteiger partial charge is 0.434 e. The Morgan fingerprint density at radius 1 is 1.15 bits per heavy atom. The van der Waals surface area contributed by atoms with E-state index in [0.29, 0.717) is 5.69 Å². The van der Waals surface area contributed by atoms with E-state index in [2.05, 4.69) is 15.3 Å². The standard InChI is InChI=1S/C12H7ClF3N3O/c13-8-3-6-18-10(12(14,15)16)9(8)11(20)19-7-1-4-17-5-2-7/h1-6H,(H,17,19,20). The molecule has 0 fully saturated rings. The van der Waals surface area contributed by atoms with Gasteiger partial charge in [0.15, 0.2) is 5.69 Å². The van der Waals surface area contributed by atoms with Gasteiger partial charge >= 0.3 is 6.18 Å². The van der Waals surface area contributed by atoms with Crippen molar-refractivity contribution in [1.29, 1.82) is 0 Å². The van der Waals surface area contributed by atoms with E-state index >= 15 is 0 Å². The molecule has 0 atom stereocenters. The lowest BCUT2D eigenvalue weighted by Gasteiger charge is -2.12. The van der Waals surface area contributed by atoms with Crippen LogP contribution in [-0.2, 0) is 6.18 Å². The molecule has 0 aromatic carbocycles. The lowest BCUT2D eigenvalue weighted by Crippen LogP contribution is -2.20. The summed E-state index contributed by atoms with van der Waals surface area (Å²) in [6.07, 6.45) is -1.08. The molecule has 0 unspecified atom stereocenters. The Hall–Kier alpha value is -2.15. The van der Waals surface area contributed by atoms with Crippen LogP contribution >= 0.6 is 11.6 Å². The number of nitrogens with zero attached hydrogens (tertiary/aromatic N) is 2. The van der Waals surface area contributed by atoms with Gasteiger partial charge in [-0.15, -0.1) is 0 Å². The van der Waals surface area contributed by atoms with Gasteiger partial charge in [-0.2, -0.15) is 13.2 Å². The first-order valence-corrected chi connectivity index (χ1v) is 5.70. The van der Waals surface area contributed by atoms with E-state index < -0.39 is 23.3 Å². The second-order valence-corrected chi connectivity index (χ2v) is 4.11. The minimum absolute atomic E-state index is 0.304. The predicted molar refractivity (Wildman–Crippen MR) is 66.4 cm³/mol. The monoisotopic (exact) mass is 301 g/mol. The van der Waals surface area contributed by atoms with Gasteiger partial charge in [0.2, 0.25) is 0 Å². The third-order valence-corrected chi connectivity index (χ3v) is 2.65. The molecule has 4 nitrogen and oxygen atoms in total. The lowest BCUT2D eigenvalue weighted by atomic mass is 10.1. The SMILES string of the molecule is O=C(Nc1ccncc1)c1c(Cl)ccnc1C(F)(F)F. The minimum Gasteiger partial charge on any atom is -0.322 e. The molecule has 0 aliphatic carbocycles. The van der Waals surface area contributed by atoms with Gasteiger partial charge in [-0.3, -0.25) is 14.8 Å². The summed E-state index contributed by atoms with van der Waals surface area (Å²) in [6, 6.07) is 4.00. The van der Waals surface area contributed by atoms with Gasteiger partial charge in [-0.25, -0.2) is 0 Å². The van der Waals surface area contributed by atoms with E-state index in [9.17, 15) is 18.0 Å². The highest BCUT2D eigenvalue weighted by atomic mass is 35.5. The number of alkyl halides is 3. The van der Waals surface area contributed by atoms with Crippen LogP contribution in [0.5, 0.6) is 0 Å². The van der Waals surface area contributed by atoms with Crippen molar-refractivity contribution in [2.75, 3.05) is 5.32 Å². The van der Waals surface area contributed by atoms with Gasteiger partial charge in [0.1, 0.15) is 0 Å². The molecule has 104 valence electrons. The first kappa shape index (κ1) is 14.3. The highest BCUT2D eigenvalue weighted by molar-refractivity contribution is 6.34. The van der Waals surface area contributed by atoms with Crippen molar-refractivity contribution in [2.45, 2.75) is 6.18 Å². The van der Waals surface area contributed by atoms with Crippen LogP contribution in [0.25, 0.3) is 0 Å². The van der Waals surface area contributed by atoms with E-state index in [4.69, 9.17) is 11.6 Å². The quantitative estimate of drug-likeness (QED) is 0.925. The smallest absolute Gasteiger partial charge is 0.322 e. The number of amides is 1. The second kappa shape index (κ2) is 5.46. The molecule has 0 aliphatic rings. The Morgan fingerprint density at radius 2 is 1.80 bits per heavy atom. The summed E-state index contributed by atoms with van der Waals surface area (Å²) in [4.78, 5) is 18.9. The first-order valence-electron chi connectivity index (χ1n) is 5.32. The molecule has 0 saturated heterocycles. The molecule has 8 heteroatoms. The number of anilines is 1. The summed E-state index contributed by atoms with van der Waals surface area (Å²) in [7, 11) is 0. The molecule has 2 rings (SSSR count). The molecule has 20 heavy (non-hydrogen) atoms. The van der Waals surface area contributed by atoms with Crippen LogP contribution in [0.1, 0.15) is 16.1 Å². The van der Waals surface area contributed by atoms with Crippen LogP contribution in [0.3, 0.4) is 0 Å². The number of rotatable bonds is 2. The van der Waals surface area contributed by atoms with Gasteiger partial charge < -0.3 is 5.32 Å². The number of nitrogens with one attached hydrogen (secondary N) is 1. The Bertz CT molecular complexity index is 632. The average Bonchev–Trinajstić information content (AvgIpc) is 2.38. The van der Waals surface area contributed by atoms with Crippen LogP contribution in [0.4, 0.5) is 18.9 Å². The number of carbonyl (C=O) groups excluding carboxylic acids is 1. The van der Waals surface area contributed by atoms with Crippen LogP contribution in [0, 0.1) is 0 Å². The second-order valence-electron chi connectivity index (χ2n) is 3.70. The van der Waals surface area contributed by atoms with Crippen molar-refractivity contribution in [3.8, 4) is 0 Å². The number of pyridine rings is 2. The van der Waals surface area contributed by atoms with E-state index in [-0.39, 0.29) is 5.02 Å². The molecule has 0 saturated carbocycles. The van der Waals surface area contributed by atoms with Gasteiger partial charge in [0.25, 0.3) is 5.91 Å². The molecular weight excluding hydrogens is 295 g/mol. The topological polar surface area (TPSA) is 54.9 Å². The van der Waals surface area contributed by atoms with Gasteiger partial charge in [0.05, 0.1) is 10.6 Å². The van der Waals surface area contributed by atoms with Crippen LogP contribution in [0.15, 0.2) is 36.8 Å². The number of aromatic nitrogens is 2. The van der Waals surface area contributed by atoms with Crippen LogP contribution < -0.4 is 5.32 Å². The Morgan fingerprint density at radius 3 is 2.40 bits per heavy atom. The summed E-state index contributed by atoms with van der Waals surface area (Å²) in [5.74, 6) is -0.985. The zero-order valence-electron chi connectivity index (χ0n) is 9.78. The Kier molecular flexibility index (Phi) is 3.89. The third kappa shape index (κ3) is 3.05. The number of hydrogen-bond acceptors (Lipinski definition) is 3. The Labute approximate surface area is 116 Å². The summed E-state index contributed by atoms with van der Waals surface area (Å²) in [5, 5.41) is 1.99. The zero-order valence-corrected chi connectivity index (χ0v) is 10.5. The van der Waals surface area contributed by atoms with Crippen molar-refractivity contribution in [3.63, 3.8) is 0 Å². The predicted octanol–water partition coefficient (Wildman–Crippen LogP) is 3.40. The van der Waals surface area contributed by atoms with Gasteiger partial charge in [0, 0.05) is 24.3 Å². The zero-order chi connectivity index (χ0) is 14.8. The molecule has 2 heterocycles. The molecule has 0 aliphatic heterocycles. The van der Waals surface area contributed by atoms with E-state index in [1.165, 1.54) is 24.5 Å². The summed E-state index contributed by atoms with van der Waals surface area (Å²) >= 11 is 5.68. The fourth-order valence-electron chi connectivity index (χ4n) is 1.50. The maximum absolute atomic E-state index is 12.8. The van der Waals surface area contributed by atoms with E-state index in [1.54, 1.807) is 0 Å². The number of hydrogen-bond donors (Lipinski definition) is 1. The van der Waals surface area contributed by atoms with E-state index in [1.807, 2.05) is 0 Å². The molecule has 0 bridgehead atoms.